The van der Waals surface area contributed by atoms with E-state index in [0.717, 1.165) is 5.70 Å². The second-order valence-electron chi connectivity index (χ2n) is 2.68. The second-order valence-corrected chi connectivity index (χ2v) is 2.68. The maximum Gasteiger partial charge on any atom is 0.150 e. The van der Waals surface area contributed by atoms with Gasteiger partial charge >= 0.3 is 0 Å². The summed E-state index contributed by atoms with van der Waals surface area (Å²) in [4.78, 5) is 1.67. The predicted molar refractivity (Wildman–Crippen MR) is 44.9 cm³/mol. The lowest BCUT2D eigenvalue weighted by Gasteiger charge is -2.29. The first kappa shape index (κ1) is 7.18. The molecule has 3 heteroatoms. The maximum atomic E-state index is 9.43. The van der Waals surface area contributed by atoms with Crippen LogP contribution < -0.4 is 0 Å². The first-order chi connectivity index (χ1) is 5.77. The molecule has 0 saturated carbocycles. The molecule has 0 aromatic carbocycles. The summed E-state index contributed by atoms with van der Waals surface area (Å²) in [6, 6.07) is 0. The van der Waals surface area contributed by atoms with Gasteiger partial charge in [0.1, 0.15) is 12.0 Å². The molecule has 0 bridgehead atoms. The number of aliphatic hydroxyl groups excluding tert-OH is 2. The van der Waals surface area contributed by atoms with Gasteiger partial charge in [-0.25, -0.2) is 0 Å². The number of hydrogen-bond acceptors (Lipinski definition) is 3. The van der Waals surface area contributed by atoms with E-state index in [-0.39, 0.29) is 5.76 Å². The lowest BCUT2D eigenvalue weighted by atomic mass is 10.2. The fourth-order valence-corrected chi connectivity index (χ4v) is 1.24. The highest BCUT2D eigenvalue weighted by Gasteiger charge is 2.17. The lowest BCUT2D eigenvalue weighted by Crippen LogP contribution is -2.30. The molecule has 0 fully saturated rings. The van der Waals surface area contributed by atoms with Gasteiger partial charge in [-0.3, -0.25) is 0 Å². The van der Waals surface area contributed by atoms with Gasteiger partial charge in [-0.2, -0.15) is 0 Å². The van der Waals surface area contributed by atoms with Crippen molar-refractivity contribution in [2.75, 3.05) is 0 Å². The fourth-order valence-electron chi connectivity index (χ4n) is 1.24. The minimum atomic E-state index is -0.620. The Labute approximate surface area is 70.2 Å². The lowest BCUT2D eigenvalue weighted by molar-refractivity contribution is 0.103. The number of rotatable bonds is 0. The van der Waals surface area contributed by atoms with E-state index in [1.165, 1.54) is 0 Å². The van der Waals surface area contributed by atoms with Crippen molar-refractivity contribution in [2.45, 2.75) is 6.23 Å². The van der Waals surface area contributed by atoms with Crippen molar-refractivity contribution in [3.05, 3.63) is 48.0 Å². The number of hydrogen-bond donors (Lipinski definition) is 2. The smallest absolute Gasteiger partial charge is 0.150 e. The summed E-state index contributed by atoms with van der Waals surface area (Å²) in [6.07, 6.45) is 9.43. The largest absolute Gasteiger partial charge is 0.508 e. The SMILES string of the molecule is OC1=CC2=CC=CC(O)N2C=C1. The van der Waals surface area contributed by atoms with Crippen LogP contribution in [0.1, 0.15) is 0 Å². The normalized spacial score (nSPS) is 26.4. The van der Waals surface area contributed by atoms with Crippen LogP contribution >= 0.6 is 0 Å². The Hall–Kier alpha value is -1.48. The molecule has 1 unspecified atom stereocenters. The average molecular weight is 163 g/mol. The molecule has 0 aromatic rings. The quantitative estimate of drug-likeness (QED) is 0.560. The Bertz CT molecular complexity index is 312. The highest BCUT2D eigenvalue weighted by Crippen LogP contribution is 2.21. The Balaban J connectivity index is 2.37. The summed E-state index contributed by atoms with van der Waals surface area (Å²) in [5.74, 6) is 0.208. The van der Waals surface area contributed by atoms with Gasteiger partial charge in [-0.15, -0.1) is 0 Å². The molecule has 0 aromatic heterocycles. The van der Waals surface area contributed by atoms with E-state index in [2.05, 4.69) is 0 Å². The standard InChI is InChI=1S/C9H9NO2/c11-8-4-5-10-7(6-8)2-1-3-9(10)12/h1-6,9,11-12H. The average Bonchev–Trinajstić information content (AvgIpc) is 2.04. The van der Waals surface area contributed by atoms with E-state index in [9.17, 15) is 5.11 Å². The Morgan fingerprint density at radius 3 is 3.08 bits per heavy atom. The van der Waals surface area contributed by atoms with E-state index in [1.54, 1.807) is 35.4 Å². The van der Waals surface area contributed by atoms with Crippen LogP contribution in [0.4, 0.5) is 0 Å². The molecular formula is C9H9NO2. The van der Waals surface area contributed by atoms with E-state index < -0.39 is 6.23 Å². The van der Waals surface area contributed by atoms with Crippen LogP contribution in [0.2, 0.25) is 0 Å². The molecule has 2 rings (SSSR count). The van der Waals surface area contributed by atoms with Crippen LogP contribution in [-0.4, -0.2) is 21.3 Å². The second kappa shape index (κ2) is 2.53. The minimum absolute atomic E-state index is 0.208. The topological polar surface area (TPSA) is 43.7 Å². The third-order valence-corrected chi connectivity index (χ3v) is 1.84. The Morgan fingerprint density at radius 2 is 2.25 bits per heavy atom. The monoisotopic (exact) mass is 163 g/mol. The molecule has 0 saturated heterocycles. The van der Waals surface area contributed by atoms with E-state index >= 15 is 0 Å². The zero-order valence-electron chi connectivity index (χ0n) is 6.38. The van der Waals surface area contributed by atoms with Gasteiger partial charge in [0.05, 0.1) is 0 Å². The third kappa shape index (κ3) is 1.04. The van der Waals surface area contributed by atoms with Gasteiger partial charge in [0, 0.05) is 18.0 Å². The summed E-state index contributed by atoms with van der Waals surface area (Å²) >= 11 is 0. The summed E-state index contributed by atoms with van der Waals surface area (Å²) in [5, 5.41) is 18.6. The number of nitrogens with zero attached hydrogens (tertiary/aromatic N) is 1. The summed E-state index contributed by atoms with van der Waals surface area (Å²) < 4.78 is 0. The summed E-state index contributed by atoms with van der Waals surface area (Å²) in [6.45, 7) is 0. The highest BCUT2D eigenvalue weighted by atomic mass is 16.3. The van der Waals surface area contributed by atoms with Crippen LogP contribution in [-0.2, 0) is 0 Å². The Morgan fingerprint density at radius 1 is 1.42 bits per heavy atom. The van der Waals surface area contributed by atoms with Gasteiger partial charge in [-0.1, -0.05) is 6.08 Å². The van der Waals surface area contributed by atoms with Crippen molar-refractivity contribution in [3.8, 4) is 0 Å². The van der Waals surface area contributed by atoms with Crippen LogP contribution in [0.25, 0.3) is 0 Å². The molecular weight excluding hydrogens is 154 g/mol. The molecule has 0 radical (unpaired) electrons. The third-order valence-electron chi connectivity index (χ3n) is 1.84. The molecule has 0 spiro atoms. The first-order valence-electron chi connectivity index (χ1n) is 3.71. The molecule has 2 N–H and O–H groups in total. The number of fused-ring (bicyclic) bond motifs is 1. The van der Waals surface area contributed by atoms with Crippen molar-refractivity contribution in [1.29, 1.82) is 0 Å². The minimum Gasteiger partial charge on any atom is -0.508 e. The molecule has 1 atom stereocenters. The van der Waals surface area contributed by atoms with Crippen molar-refractivity contribution >= 4 is 0 Å². The molecule has 3 nitrogen and oxygen atoms in total. The van der Waals surface area contributed by atoms with E-state index in [4.69, 9.17) is 5.11 Å². The van der Waals surface area contributed by atoms with Crippen molar-refractivity contribution in [1.82, 2.24) is 4.90 Å². The molecule has 2 heterocycles. The molecule has 12 heavy (non-hydrogen) atoms. The zero-order valence-corrected chi connectivity index (χ0v) is 6.38. The molecule has 2 aliphatic rings. The van der Waals surface area contributed by atoms with Crippen LogP contribution in [0.5, 0.6) is 0 Å². The van der Waals surface area contributed by atoms with Gasteiger partial charge in [0.2, 0.25) is 0 Å². The summed E-state index contributed by atoms with van der Waals surface area (Å²) in [5.41, 5.74) is 0.796. The predicted octanol–water partition coefficient (Wildman–Crippen LogP) is 1.03. The first-order valence-corrected chi connectivity index (χ1v) is 3.71. The van der Waals surface area contributed by atoms with Crippen molar-refractivity contribution < 1.29 is 10.2 Å². The van der Waals surface area contributed by atoms with E-state index in [1.807, 2.05) is 6.08 Å². The van der Waals surface area contributed by atoms with Gasteiger partial charge < -0.3 is 15.1 Å². The van der Waals surface area contributed by atoms with Crippen molar-refractivity contribution in [2.24, 2.45) is 0 Å². The molecule has 2 aliphatic heterocycles. The van der Waals surface area contributed by atoms with Crippen LogP contribution in [0, 0.1) is 0 Å². The molecule has 62 valence electrons. The fraction of sp³-hybridized carbons (Fsp3) is 0.111. The zero-order chi connectivity index (χ0) is 8.55. The van der Waals surface area contributed by atoms with E-state index in [0.29, 0.717) is 0 Å². The van der Waals surface area contributed by atoms with Gasteiger partial charge in [0.25, 0.3) is 0 Å². The maximum absolute atomic E-state index is 9.43. The molecule has 0 aliphatic carbocycles. The Kier molecular flexibility index (Phi) is 1.52. The highest BCUT2D eigenvalue weighted by molar-refractivity contribution is 5.36. The van der Waals surface area contributed by atoms with Gasteiger partial charge in [-0.05, 0) is 18.2 Å². The number of aliphatic hydroxyl groups is 2. The van der Waals surface area contributed by atoms with Crippen LogP contribution in [0.3, 0.4) is 0 Å². The van der Waals surface area contributed by atoms with Crippen LogP contribution in [0.15, 0.2) is 48.0 Å². The van der Waals surface area contributed by atoms with Gasteiger partial charge in [0.15, 0.2) is 0 Å². The summed E-state index contributed by atoms with van der Waals surface area (Å²) in [7, 11) is 0. The molecule has 0 amide bonds. The van der Waals surface area contributed by atoms with Crippen molar-refractivity contribution in [3.63, 3.8) is 0 Å². The number of allylic oxidation sites excluding steroid dienone is 4.